The van der Waals surface area contributed by atoms with Gasteiger partial charge in [0.25, 0.3) is 0 Å². The molecule has 0 aromatic carbocycles. The van der Waals surface area contributed by atoms with Gasteiger partial charge < -0.3 is 4.74 Å². The molecule has 1 nitrogen and oxygen atoms in total. The van der Waals surface area contributed by atoms with Crippen molar-refractivity contribution in [1.29, 1.82) is 0 Å². The van der Waals surface area contributed by atoms with Crippen LogP contribution >= 0.6 is 0 Å². The molecule has 3 aliphatic rings. The van der Waals surface area contributed by atoms with Gasteiger partial charge in [-0.15, -0.1) is 0 Å². The third-order valence-electron chi connectivity index (χ3n) is 5.84. The maximum atomic E-state index is 5.65. The molecule has 0 radical (unpaired) electrons. The highest BCUT2D eigenvalue weighted by Gasteiger charge is 2.52. The third-order valence-corrected chi connectivity index (χ3v) is 5.84. The Morgan fingerprint density at radius 1 is 0.867 bits per heavy atom. The molecule has 86 valence electrons. The summed E-state index contributed by atoms with van der Waals surface area (Å²) < 4.78 is 5.65. The SMILES string of the molecule is COC1CC2CC1CC1CC(C)C(C)C12. The topological polar surface area (TPSA) is 9.23 Å². The third kappa shape index (κ3) is 1.39. The number of rotatable bonds is 1. The van der Waals surface area contributed by atoms with Crippen molar-refractivity contribution in [3.05, 3.63) is 0 Å². The van der Waals surface area contributed by atoms with Gasteiger partial charge in [-0.3, -0.25) is 0 Å². The van der Waals surface area contributed by atoms with Crippen molar-refractivity contribution in [2.24, 2.45) is 35.5 Å². The van der Waals surface area contributed by atoms with Crippen LogP contribution in [0.2, 0.25) is 0 Å². The lowest BCUT2D eigenvalue weighted by molar-refractivity contribution is 0.0625. The minimum atomic E-state index is 0.600. The van der Waals surface area contributed by atoms with Gasteiger partial charge in [0.2, 0.25) is 0 Å². The fourth-order valence-corrected chi connectivity index (χ4v) is 5.09. The van der Waals surface area contributed by atoms with Crippen molar-refractivity contribution in [2.45, 2.75) is 45.6 Å². The first-order chi connectivity index (χ1) is 7.20. The average Bonchev–Trinajstić information content (AvgIpc) is 2.68. The van der Waals surface area contributed by atoms with Crippen LogP contribution in [0, 0.1) is 35.5 Å². The largest absolute Gasteiger partial charge is 0.381 e. The van der Waals surface area contributed by atoms with Crippen molar-refractivity contribution < 1.29 is 4.74 Å². The number of fused-ring (bicyclic) bond motifs is 4. The van der Waals surface area contributed by atoms with Crippen molar-refractivity contribution in [1.82, 2.24) is 0 Å². The summed E-state index contributed by atoms with van der Waals surface area (Å²) in [6.45, 7) is 4.96. The summed E-state index contributed by atoms with van der Waals surface area (Å²) in [5.41, 5.74) is 0. The average molecular weight is 208 g/mol. The summed E-state index contributed by atoms with van der Waals surface area (Å²) in [7, 11) is 1.91. The highest BCUT2D eigenvalue weighted by atomic mass is 16.5. The summed E-state index contributed by atoms with van der Waals surface area (Å²) in [6, 6.07) is 0. The van der Waals surface area contributed by atoms with E-state index in [-0.39, 0.29) is 0 Å². The standard InChI is InChI=1S/C14H24O/c1-8-4-11-5-10-6-12(7-13(10)15-3)14(11)9(8)2/h8-14H,4-7H2,1-3H3. The Labute approximate surface area is 93.6 Å². The van der Waals surface area contributed by atoms with Crippen molar-refractivity contribution in [3.63, 3.8) is 0 Å². The summed E-state index contributed by atoms with van der Waals surface area (Å²) in [4.78, 5) is 0. The summed E-state index contributed by atoms with van der Waals surface area (Å²) in [5.74, 6) is 5.92. The van der Waals surface area contributed by atoms with Crippen molar-refractivity contribution in [2.75, 3.05) is 7.11 Å². The van der Waals surface area contributed by atoms with Gasteiger partial charge in [-0.1, -0.05) is 13.8 Å². The quantitative estimate of drug-likeness (QED) is 0.642. The van der Waals surface area contributed by atoms with Crippen LogP contribution in [0.5, 0.6) is 0 Å². The van der Waals surface area contributed by atoms with Crippen molar-refractivity contribution >= 4 is 0 Å². The van der Waals surface area contributed by atoms with Crippen LogP contribution in [0.25, 0.3) is 0 Å². The van der Waals surface area contributed by atoms with Gasteiger partial charge in [0, 0.05) is 7.11 Å². The van der Waals surface area contributed by atoms with Gasteiger partial charge in [-0.25, -0.2) is 0 Å². The molecule has 0 spiro atoms. The van der Waals surface area contributed by atoms with Crippen LogP contribution in [0.4, 0.5) is 0 Å². The molecule has 0 aliphatic heterocycles. The highest BCUT2D eigenvalue weighted by Crippen LogP contribution is 2.58. The molecule has 2 bridgehead atoms. The second-order valence-corrected chi connectivity index (χ2v) is 6.41. The van der Waals surface area contributed by atoms with E-state index in [1.54, 1.807) is 0 Å². The first-order valence-corrected chi connectivity index (χ1v) is 6.73. The molecule has 3 aliphatic carbocycles. The van der Waals surface area contributed by atoms with E-state index in [0.717, 1.165) is 35.5 Å². The molecule has 3 fully saturated rings. The van der Waals surface area contributed by atoms with E-state index < -0.39 is 0 Å². The minimum Gasteiger partial charge on any atom is -0.381 e. The molecule has 0 N–H and O–H groups in total. The van der Waals surface area contributed by atoms with E-state index in [0.29, 0.717) is 6.10 Å². The summed E-state index contributed by atoms with van der Waals surface area (Å²) in [5, 5.41) is 0. The maximum absolute atomic E-state index is 5.65. The molecular weight excluding hydrogens is 184 g/mol. The smallest absolute Gasteiger partial charge is 0.0602 e. The lowest BCUT2D eigenvalue weighted by Gasteiger charge is -2.34. The van der Waals surface area contributed by atoms with Crippen LogP contribution in [0.1, 0.15) is 39.5 Å². The second-order valence-electron chi connectivity index (χ2n) is 6.41. The molecular formula is C14H24O. The van der Waals surface area contributed by atoms with Crippen LogP contribution in [-0.4, -0.2) is 13.2 Å². The van der Waals surface area contributed by atoms with Crippen LogP contribution in [0.3, 0.4) is 0 Å². The highest BCUT2D eigenvalue weighted by molar-refractivity contribution is 5.01. The van der Waals surface area contributed by atoms with E-state index in [9.17, 15) is 0 Å². The normalized spacial score (nSPS) is 58.2. The van der Waals surface area contributed by atoms with Gasteiger partial charge in [0.1, 0.15) is 0 Å². The lowest BCUT2D eigenvalue weighted by atomic mass is 9.71. The molecule has 1 heteroatoms. The molecule has 0 saturated heterocycles. The fourth-order valence-electron chi connectivity index (χ4n) is 5.09. The van der Waals surface area contributed by atoms with Crippen LogP contribution in [0.15, 0.2) is 0 Å². The molecule has 3 saturated carbocycles. The predicted molar refractivity (Wildman–Crippen MR) is 61.6 cm³/mol. The zero-order valence-electron chi connectivity index (χ0n) is 10.3. The van der Waals surface area contributed by atoms with Gasteiger partial charge >= 0.3 is 0 Å². The van der Waals surface area contributed by atoms with E-state index in [1.165, 1.54) is 25.7 Å². The molecule has 0 aromatic rings. The molecule has 7 unspecified atom stereocenters. The van der Waals surface area contributed by atoms with Gasteiger partial charge in [-0.05, 0) is 61.2 Å². The molecule has 15 heavy (non-hydrogen) atoms. The summed E-state index contributed by atoms with van der Waals surface area (Å²) >= 11 is 0. The Morgan fingerprint density at radius 3 is 2.20 bits per heavy atom. The number of hydrogen-bond donors (Lipinski definition) is 0. The molecule has 3 rings (SSSR count). The van der Waals surface area contributed by atoms with Crippen molar-refractivity contribution in [3.8, 4) is 0 Å². The Morgan fingerprint density at radius 2 is 1.53 bits per heavy atom. The molecule has 0 aromatic heterocycles. The van der Waals surface area contributed by atoms with Gasteiger partial charge in [-0.2, -0.15) is 0 Å². The van der Waals surface area contributed by atoms with E-state index >= 15 is 0 Å². The zero-order chi connectivity index (χ0) is 10.6. The van der Waals surface area contributed by atoms with Crippen LogP contribution < -0.4 is 0 Å². The van der Waals surface area contributed by atoms with E-state index in [1.807, 2.05) is 7.11 Å². The summed E-state index contributed by atoms with van der Waals surface area (Å²) in [6.07, 6.45) is 6.39. The molecule has 0 heterocycles. The van der Waals surface area contributed by atoms with Crippen LogP contribution in [-0.2, 0) is 4.74 Å². The Bertz CT molecular complexity index is 250. The molecule has 7 atom stereocenters. The Kier molecular flexibility index (Phi) is 2.35. The van der Waals surface area contributed by atoms with Gasteiger partial charge in [0.15, 0.2) is 0 Å². The second kappa shape index (κ2) is 3.48. The first kappa shape index (κ1) is 10.1. The predicted octanol–water partition coefficient (Wildman–Crippen LogP) is 3.34. The first-order valence-electron chi connectivity index (χ1n) is 6.73. The number of methoxy groups -OCH3 is 1. The minimum absolute atomic E-state index is 0.600. The van der Waals surface area contributed by atoms with Gasteiger partial charge in [0.05, 0.1) is 6.10 Å². The van der Waals surface area contributed by atoms with E-state index in [4.69, 9.17) is 4.74 Å². The number of ether oxygens (including phenoxy) is 1. The monoisotopic (exact) mass is 208 g/mol. The maximum Gasteiger partial charge on any atom is 0.0602 e. The number of hydrogen-bond acceptors (Lipinski definition) is 1. The molecule has 0 amide bonds. The van der Waals surface area contributed by atoms with E-state index in [2.05, 4.69) is 13.8 Å². The Hall–Kier alpha value is -0.0400. The lowest BCUT2D eigenvalue weighted by Crippen LogP contribution is -2.27. The fraction of sp³-hybridized carbons (Fsp3) is 1.00. The zero-order valence-corrected chi connectivity index (χ0v) is 10.3. The Balaban J connectivity index is 1.81.